The van der Waals surface area contributed by atoms with Crippen LogP contribution in [0, 0.1) is 28.6 Å². The summed E-state index contributed by atoms with van der Waals surface area (Å²) in [6, 6.07) is 8.67. The highest BCUT2D eigenvalue weighted by molar-refractivity contribution is 5.89. The Morgan fingerprint density at radius 3 is 2.29 bits per heavy atom. The number of esters is 4. The van der Waals surface area contributed by atoms with E-state index in [1.54, 1.807) is 36.4 Å². The predicted molar refractivity (Wildman–Crippen MR) is 166 cm³/mol. The van der Waals surface area contributed by atoms with Crippen LogP contribution in [-0.4, -0.2) is 48.7 Å². The van der Waals surface area contributed by atoms with Gasteiger partial charge in [-0.1, -0.05) is 70.2 Å². The van der Waals surface area contributed by atoms with Crippen molar-refractivity contribution in [3.05, 3.63) is 71.8 Å². The van der Waals surface area contributed by atoms with E-state index in [9.17, 15) is 19.2 Å². The van der Waals surface area contributed by atoms with E-state index in [1.165, 1.54) is 13.8 Å². The molecule has 1 aromatic rings. The Bertz CT molecular complexity index is 1360. The highest BCUT2D eigenvalue weighted by Crippen LogP contribution is 2.68. The summed E-state index contributed by atoms with van der Waals surface area (Å²) in [5, 5.41) is 0. The highest BCUT2D eigenvalue weighted by atomic mass is 16.8. The van der Waals surface area contributed by atoms with Gasteiger partial charge in [-0.15, -0.1) is 0 Å². The number of carbonyl (C=O) groups excluding carboxylic acids is 4. The van der Waals surface area contributed by atoms with Crippen LogP contribution in [0.25, 0.3) is 0 Å². The van der Waals surface area contributed by atoms with Crippen LogP contribution in [-0.2, 0) is 38.1 Å². The third-order valence-corrected chi connectivity index (χ3v) is 10.1. The van der Waals surface area contributed by atoms with Crippen LogP contribution in [0.1, 0.15) is 84.5 Å². The summed E-state index contributed by atoms with van der Waals surface area (Å²) in [7, 11) is 0. The first-order valence-electron chi connectivity index (χ1n) is 15.8. The van der Waals surface area contributed by atoms with Gasteiger partial charge in [-0.3, -0.25) is 19.1 Å². The normalized spacial score (nSPS) is 33.0. The molecular weight excluding hydrogens is 576 g/mol. The first kappa shape index (κ1) is 34.2. The number of hydrogen-bond acceptors (Lipinski definition) is 9. The molecule has 9 nitrogen and oxygen atoms in total. The lowest BCUT2D eigenvalue weighted by molar-refractivity contribution is -0.253. The molecule has 45 heavy (non-hydrogen) atoms. The topological polar surface area (TPSA) is 114 Å². The third kappa shape index (κ3) is 6.64. The van der Waals surface area contributed by atoms with Crippen molar-refractivity contribution < 1.29 is 42.9 Å². The molecule has 0 N–H and O–H groups in total. The van der Waals surface area contributed by atoms with E-state index < -0.39 is 59.4 Å². The molecule has 1 heterocycles. The number of ether oxygens (including phenoxy) is 5. The molecule has 4 rings (SSSR count). The molecule has 2 fully saturated rings. The van der Waals surface area contributed by atoms with Gasteiger partial charge in [0.15, 0.2) is 0 Å². The molecule has 1 saturated heterocycles. The third-order valence-electron chi connectivity index (χ3n) is 10.1. The van der Waals surface area contributed by atoms with Crippen LogP contribution in [0.4, 0.5) is 0 Å². The maximum atomic E-state index is 13.6. The van der Waals surface area contributed by atoms with E-state index in [-0.39, 0.29) is 17.8 Å². The Balaban J connectivity index is 1.96. The summed E-state index contributed by atoms with van der Waals surface area (Å²) in [6.07, 6.45) is 3.63. The highest BCUT2D eigenvalue weighted by Gasteiger charge is 2.72. The van der Waals surface area contributed by atoms with Crippen LogP contribution >= 0.6 is 0 Å². The fourth-order valence-corrected chi connectivity index (χ4v) is 7.18. The molecule has 9 heteroatoms. The van der Waals surface area contributed by atoms with Crippen LogP contribution in [0.3, 0.4) is 0 Å². The first-order valence-corrected chi connectivity index (χ1v) is 15.8. The summed E-state index contributed by atoms with van der Waals surface area (Å²) in [6.45, 7) is 16.4. The first-order chi connectivity index (χ1) is 21.3. The standard InChI is InChI=1S/C36H46O9/c1-9-21(3)16-17-35(8)23(5)18-30(44-32(40)26-14-12-11-13-15-26)36-28(33(41-24(6)37)45-34(36)42-25(7)38)19-27(20-29(35)36)43-31(39)22(4)10-2/h9,11-16,19,22-23,27,29-30,33-34H,1,10,17-18,20H2,2-8H3/t22-,23-,27+,29+,30+,33+,34-,35-,36-/m1/s1. The minimum absolute atomic E-state index is 0.00779. The van der Waals surface area contributed by atoms with E-state index in [1.807, 2.05) is 26.8 Å². The molecule has 0 bridgehead atoms. The average Bonchev–Trinajstić information content (AvgIpc) is 3.29. The van der Waals surface area contributed by atoms with Crippen molar-refractivity contribution in [3.63, 3.8) is 0 Å². The zero-order chi connectivity index (χ0) is 33.1. The molecule has 0 radical (unpaired) electrons. The molecule has 1 spiro atoms. The van der Waals surface area contributed by atoms with Gasteiger partial charge in [0.1, 0.15) is 17.6 Å². The van der Waals surface area contributed by atoms with Crippen LogP contribution < -0.4 is 0 Å². The predicted octanol–water partition coefficient (Wildman–Crippen LogP) is 6.48. The van der Waals surface area contributed by atoms with Crippen molar-refractivity contribution in [1.29, 1.82) is 0 Å². The minimum Gasteiger partial charge on any atom is -0.458 e. The second-order valence-corrected chi connectivity index (χ2v) is 12.9. The van der Waals surface area contributed by atoms with Crippen LogP contribution in [0.5, 0.6) is 0 Å². The Kier molecular flexibility index (Phi) is 10.4. The molecule has 244 valence electrons. The van der Waals surface area contributed by atoms with Gasteiger partial charge in [0.2, 0.25) is 12.6 Å². The van der Waals surface area contributed by atoms with Crippen molar-refractivity contribution in [3.8, 4) is 0 Å². The Morgan fingerprint density at radius 1 is 1.02 bits per heavy atom. The maximum Gasteiger partial charge on any atom is 0.338 e. The molecule has 2 aliphatic carbocycles. The molecule has 0 amide bonds. The van der Waals surface area contributed by atoms with E-state index in [4.69, 9.17) is 23.7 Å². The van der Waals surface area contributed by atoms with Crippen LogP contribution in [0.2, 0.25) is 0 Å². The van der Waals surface area contributed by atoms with E-state index in [2.05, 4.69) is 26.5 Å². The summed E-state index contributed by atoms with van der Waals surface area (Å²) in [5.74, 6) is -2.81. The number of hydrogen-bond donors (Lipinski definition) is 0. The van der Waals surface area contributed by atoms with Gasteiger partial charge < -0.3 is 18.9 Å². The van der Waals surface area contributed by atoms with Crippen LogP contribution in [0.15, 0.2) is 66.3 Å². The molecule has 0 aromatic heterocycles. The Morgan fingerprint density at radius 2 is 1.69 bits per heavy atom. The van der Waals surface area contributed by atoms with Gasteiger partial charge in [-0.05, 0) is 68.1 Å². The maximum absolute atomic E-state index is 13.6. The quantitative estimate of drug-likeness (QED) is 0.125. The molecule has 0 unspecified atom stereocenters. The van der Waals surface area contributed by atoms with Gasteiger partial charge in [0.25, 0.3) is 0 Å². The largest absolute Gasteiger partial charge is 0.458 e. The minimum atomic E-state index is -1.25. The average molecular weight is 623 g/mol. The van der Waals surface area contributed by atoms with Gasteiger partial charge in [-0.25, -0.2) is 4.79 Å². The Hall–Kier alpha value is -3.72. The van der Waals surface area contributed by atoms with Gasteiger partial charge >= 0.3 is 23.9 Å². The van der Waals surface area contributed by atoms with E-state index in [0.717, 1.165) is 5.57 Å². The van der Waals surface area contributed by atoms with E-state index in [0.29, 0.717) is 36.8 Å². The van der Waals surface area contributed by atoms with Crippen molar-refractivity contribution in [1.82, 2.24) is 0 Å². The monoisotopic (exact) mass is 622 g/mol. The zero-order valence-corrected chi connectivity index (χ0v) is 27.4. The van der Waals surface area contributed by atoms with Gasteiger partial charge in [0.05, 0.1) is 11.5 Å². The lowest BCUT2D eigenvalue weighted by Gasteiger charge is -2.60. The van der Waals surface area contributed by atoms with Crippen molar-refractivity contribution >= 4 is 23.9 Å². The summed E-state index contributed by atoms with van der Waals surface area (Å²) >= 11 is 0. The number of benzene rings is 1. The molecule has 1 aliphatic heterocycles. The number of carbonyl (C=O) groups is 4. The van der Waals surface area contributed by atoms with Crippen molar-refractivity contribution in [2.45, 2.75) is 98.9 Å². The summed E-state index contributed by atoms with van der Waals surface area (Å²) in [5.41, 5.74) is 0.103. The van der Waals surface area contributed by atoms with E-state index >= 15 is 0 Å². The van der Waals surface area contributed by atoms with Crippen molar-refractivity contribution in [2.24, 2.45) is 28.6 Å². The summed E-state index contributed by atoms with van der Waals surface area (Å²) in [4.78, 5) is 51.7. The number of allylic oxidation sites excluding steroid dienone is 3. The summed E-state index contributed by atoms with van der Waals surface area (Å²) < 4.78 is 30.3. The van der Waals surface area contributed by atoms with Gasteiger partial charge in [0, 0.05) is 19.4 Å². The fraction of sp³-hybridized carbons (Fsp3) is 0.556. The molecule has 3 aliphatic rings. The number of rotatable bonds is 10. The molecule has 9 atom stereocenters. The zero-order valence-electron chi connectivity index (χ0n) is 27.4. The fourth-order valence-electron chi connectivity index (χ4n) is 7.18. The SMILES string of the molecule is C=CC(C)=CC[C@]1(C)[C@H](C)C[C@H](OC(=O)c2ccccc2)[C@@]23C(=C[C@H](OC(=O)[C@H](C)CC)C[C@@H]12)[C@@H](OC(C)=O)O[C@H]3OC(C)=O. The van der Waals surface area contributed by atoms with Crippen molar-refractivity contribution in [2.75, 3.05) is 0 Å². The van der Waals surface area contributed by atoms with Gasteiger partial charge in [-0.2, -0.15) is 0 Å². The lowest BCUT2D eigenvalue weighted by atomic mass is 9.45. The second-order valence-electron chi connectivity index (χ2n) is 12.9. The molecular formula is C36H46O9. The smallest absolute Gasteiger partial charge is 0.338 e. The molecule has 1 aromatic carbocycles. The lowest BCUT2D eigenvalue weighted by Crippen LogP contribution is -2.64. The molecule has 1 saturated carbocycles. The Labute approximate surface area is 266 Å². The second kappa shape index (κ2) is 13.7.